The van der Waals surface area contributed by atoms with E-state index in [2.05, 4.69) is 36.1 Å². The van der Waals surface area contributed by atoms with Gasteiger partial charge in [-0.25, -0.2) is 9.97 Å². The number of hydrogen-bond donors (Lipinski definition) is 1. The molecule has 2 bridgehead atoms. The Bertz CT molecular complexity index is 610. The predicted octanol–water partition coefficient (Wildman–Crippen LogP) is 3.52. The third kappa shape index (κ3) is 2.88. The van der Waals surface area contributed by atoms with Crippen LogP contribution in [0.3, 0.4) is 0 Å². The Morgan fingerprint density at radius 3 is 2.48 bits per heavy atom. The predicted molar refractivity (Wildman–Crippen MR) is 93.4 cm³/mol. The Hall–Kier alpha value is -1.10. The third-order valence-corrected chi connectivity index (χ3v) is 7.27. The van der Waals surface area contributed by atoms with E-state index in [4.69, 9.17) is 0 Å². The van der Waals surface area contributed by atoms with Gasteiger partial charge in [0.2, 0.25) is 5.91 Å². The summed E-state index contributed by atoms with van der Waals surface area (Å²) in [7, 11) is 0. The lowest BCUT2D eigenvalue weighted by Gasteiger charge is -2.39. The number of carbonyl (C=O) groups is 1. The van der Waals surface area contributed by atoms with Crippen LogP contribution in [-0.4, -0.2) is 27.7 Å². The molecule has 0 unspecified atom stereocenters. The zero-order valence-electron chi connectivity index (χ0n) is 14.8. The number of thioether (sulfide) groups is 1. The summed E-state index contributed by atoms with van der Waals surface area (Å²) in [4.78, 5) is 21.2. The Morgan fingerprint density at radius 1 is 1.30 bits per heavy atom. The summed E-state index contributed by atoms with van der Waals surface area (Å²) in [5, 5.41) is 3.98. The number of fused-ring (bicyclic) bond motifs is 2. The highest BCUT2D eigenvalue weighted by Gasteiger charge is 2.61. The molecule has 0 spiro atoms. The SMILES string of the molecule is Cc1cc(C)nc(SCC(=O)N[C@@H]2C[C@H]3CC[C@@]2(C)C3(C)C)n1. The second-order valence-corrected chi connectivity index (χ2v) is 8.90. The van der Waals surface area contributed by atoms with Crippen molar-refractivity contribution in [3.05, 3.63) is 17.5 Å². The Morgan fingerprint density at radius 2 is 1.96 bits per heavy atom. The largest absolute Gasteiger partial charge is 0.352 e. The molecule has 1 aromatic heterocycles. The third-order valence-electron chi connectivity index (χ3n) is 6.42. The summed E-state index contributed by atoms with van der Waals surface area (Å²) in [6.07, 6.45) is 3.66. The van der Waals surface area contributed by atoms with Gasteiger partial charge < -0.3 is 5.32 Å². The van der Waals surface area contributed by atoms with Crippen LogP contribution in [0.15, 0.2) is 11.2 Å². The van der Waals surface area contributed by atoms with E-state index in [1.807, 2.05) is 19.9 Å². The van der Waals surface area contributed by atoms with Gasteiger partial charge in [-0.3, -0.25) is 4.79 Å². The van der Waals surface area contributed by atoms with E-state index in [1.165, 1.54) is 24.6 Å². The zero-order chi connectivity index (χ0) is 16.8. The lowest BCUT2D eigenvalue weighted by Crippen LogP contribution is -2.47. The van der Waals surface area contributed by atoms with Crippen LogP contribution in [0.2, 0.25) is 0 Å². The number of rotatable bonds is 4. The van der Waals surface area contributed by atoms with Gasteiger partial charge in [0.05, 0.1) is 5.75 Å². The highest BCUT2D eigenvalue weighted by Crippen LogP contribution is 2.65. The van der Waals surface area contributed by atoms with E-state index >= 15 is 0 Å². The summed E-state index contributed by atoms with van der Waals surface area (Å²) in [6.45, 7) is 11.0. The molecule has 0 saturated heterocycles. The molecule has 1 aromatic rings. The lowest BCUT2D eigenvalue weighted by atomic mass is 9.69. The van der Waals surface area contributed by atoms with Crippen molar-refractivity contribution in [2.75, 3.05) is 5.75 Å². The Kier molecular flexibility index (Phi) is 4.20. The molecule has 2 fully saturated rings. The topological polar surface area (TPSA) is 54.9 Å². The lowest BCUT2D eigenvalue weighted by molar-refractivity contribution is -0.120. The molecule has 0 aromatic carbocycles. The molecule has 2 aliphatic rings. The summed E-state index contributed by atoms with van der Waals surface area (Å²) in [5.41, 5.74) is 2.45. The number of amides is 1. The van der Waals surface area contributed by atoms with Crippen molar-refractivity contribution in [2.45, 2.75) is 65.1 Å². The van der Waals surface area contributed by atoms with E-state index in [1.54, 1.807) is 0 Å². The van der Waals surface area contributed by atoms with Crippen molar-refractivity contribution in [3.8, 4) is 0 Å². The molecule has 1 heterocycles. The molecule has 23 heavy (non-hydrogen) atoms. The van der Waals surface area contributed by atoms with Gasteiger partial charge in [-0.15, -0.1) is 0 Å². The van der Waals surface area contributed by atoms with E-state index in [9.17, 15) is 4.79 Å². The highest BCUT2D eigenvalue weighted by molar-refractivity contribution is 7.99. The van der Waals surface area contributed by atoms with Crippen molar-refractivity contribution in [1.29, 1.82) is 0 Å². The molecule has 126 valence electrons. The first kappa shape index (κ1) is 16.7. The first-order valence-electron chi connectivity index (χ1n) is 8.47. The summed E-state index contributed by atoms with van der Waals surface area (Å²) in [5.74, 6) is 1.24. The maximum absolute atomic E-state index is 12.4. The van der Waals surface area contributed by atoms with E-state index in [0.29, 0.717) is 22.4 Å². The molecule has 3 atom stereocenters. The van der Waals surface area contributed by atoms with E-state index in [0.717, 1.165) is 23.7 Å². The van der Waals surface area contributed by atoms with Crippen LogP contribution in [0.5, 0.6) is 0 Å². The van der Waals surface area contributed by atoms with Crippen molar-refractivity contribution < 1.29 is 4.79 Å². The van der Waals surface area contributed by atoms with Crippen LogP contribution in [0.4, 0.5) is 0 Å². The average Bonchev–Trinajstić information content (AvgIpc) is 2.77. The summed E-state index contributed by atoms with van der Waals surface area (Å²) >= 11 is 1.42. The molecule has 3 rings (SSSR count). The molecule has 2 aliphatic carbocycles. The smallest absolute Gasteiger partial charge is 0.230 e. The minimum atomic E-state index is 0.104. The number of carbonyl (C=O) groups excluding carboxylic acids is 1. The van der Waals surface area contributed by atoms with Gasteiger partial charge in [0.1, 0.15) is 0 Å². The standard InChI is InChI=1S/C18H27N3OS/c1-11-8-12(2)20-16(19-11)23-10-15(22)21-14-9-13-6-7-18(14,5)17(13,3)4/h8,13-14H,6-7,9-10H2,1-5H3,(H,21,22)/t13-,14-,18-/m1/s1. The first-order chi connectivity index (χ1) is 10.7. The molecule has 4 nitrogen and oxygen atoms in total. The molecular formula is C18H27N3OS. The van der Waals surface area contributed by atoms with Crippen molar-refractivity contribution in [3.63, 3.8) is 0 Å². The van der Waals surface area contributed by atoms with Gasteiger partial charge in [-0.1, -0.05) is 32.5 Å². The fourth-order valence-corrected chi connectivity index (χ4v) is 5.31. The monoisotopic (exact) mass is 333 g/mol. The fraction of sp³-hybridized carbons (Fsp3) is 0.722. The molecular weight excluding hydrogens is 306 g/mol. The maximum Gasteiger partial charge on any atom is 0.230 e. The zero-order valence-corrected chi connectivity index (χ0v) is 15.6. The van der Waals surface area contributed by atoms with Gasteiger partial charge >= 0.3 is 0 Å². The van der Waals surface area contributed by atoms with Crippen molar-refractivity contribution in [1.82, 2.24) is 15.3 Å². The van der Waals surface area contributed by atoms with Gasteiger partial charge in [0.25, 0.3) is 0 Å². The van der Waals surface area contributed by atoms with E-state index < -0.39 is 0 Å². The highest BCUT2D eigenvalue weighted by atomic mass is 32.2. The number of aryl methyl sites for hydroxylation is 2. The summed E-state index contributed by atoms with van der Waals surface area (Å²) < 4.78 is 0. The van der Waals surface area contributed by atoms with Crippen LogP contribution in [0.25, 0.3) is 0 Å². The number of aromatic nitrogens is 2. The fourth-order valence-electron chi connectivity index (χ4n) is 4.55. The van der Waals surface area contributed by atoms with Gasteiger partial charge in [0.15, 0.2) is 5.16 Å². The van der Waals surface area contributed by atoms with E-state index in [-0.39, 0.29) is 11.3 Å². The van der Waals surface area contributed by atoms with Crippen molar-refractivity contribution in [2.24, 2.45) is 16.7 Å². The van der Waals surface area contributed by atoms with Crippen LogP contribution in [0, 0.1) is 30.6 Å². The molecule has 0 aliphatic heterocycles. The maximum atomic E-state index is 12.4. The molecule has 2 saturated carbocycles. The molecule has 5 heteroatoms. The van der Waals surface area contributed by atoms with Crippen LogP contribution in [0.1, 0.15) is 51.4 Å². The molecule has 1 N–H and O–H groups in total. The normalized spacial score (nSPS) is 31.3. The molecule has 1 amide bonds. The summed E-state index contributed by atoms with van der Waals surface area (Å²) in [6, 6.07) is 2.26. The first-order valence-corrected chi connectivity index (χ1v) is 9.45. The number of nitrogens with one attached hydrogen (secondary N) is 1. The van der Waals surface area contributed by atoms with Gasteiger partial charge in [-0.05, 0) is 55.9 Å². The van der Waals surface area contributed by atoms with Gasteiger partial charge in [0, 0.05) is 17.4 Å². The Labute approximate surface area is 143 Å². The quantitative estimate of drug-likeness (QED) is 0.676. The van der Waals surface area contributed by atoms with Crippen molar-refractivity contribution >= 4 is 17.7 Å². The van der Waals surface area contributed by atoms with Gasteiger partial charge in [-0.2, -0.15) is 0 Å². The second kappa shape index (κ2) is 5.76. The molecule has 0 radical (unpaired) electrons. The number of hydrogen-bond acceptors (Lipinski definition) is 4. The van der Waals surface area contributed by atoms with Crippen LogP contribution in [-0.2, 0) is 4.79 Å². The second-order valence-electron chi connectivity index (χ2n) is 7.95. The van der Waals surface area contributed by atoms with Crippen LogP contribution >= 0.6 is 11.8 Å². The van der Waals surface area contributed by atoms with Crippen LogP contribution < -0.4 is 5.32 Å². The number of nitrogens with zero attached hydrogens (tertiary/aromatic N) is 2. The average molecular weight is 334 g/mol. The minimum Gasteiger partial charge on any atom is -0.352 e. The minimum absolute atomic E-state index is 0.104. The Balaban J connectivity index is 1.58.